The van der Waals surface area contributed by atoms with Gasteiger partial charge in [0, 0.05) is 51.9 Å². The number of ether oxygens (including phenoxy) is 4. The fourth-order valence-electron chi connectivity index (χ4n) is 4.27. The molecule has 0 atom stereocenters. The highest BCUT2D eigenvalue weighted by Gasteiger charge is 2.24. The van der Waals surface area contributed by atoms with Gasteiger partial charge >= 0.3 is 18.4 Å². The summed E-state index contributed by atoms with van der Waals surface area (Å²) in [5.74, 6) is 0. The molecule has 0 saturated carbocycles. The Bertz CT molecular complexity index is 1950. The lowest BCUT2D eigenvalue weighted by Crippen LogP contribution is -2.29. The van der Waals surface area contributed by atoms with Crippen molar-refractivity contribution in [2.45, 2.75) is 99.9 Å². The number of anilines is 1. The van der Waals surface area contributed by atoms with Crippen LogP contribution in [0.3, 0.4) is 0 Å². The van der Waals surface area contributed by atoms with Crippen LogP contribution in [0.2, 0.25) is 0 Å². The highest BCUT2D eigenvalue weighted by Crippen LogP contribution is 2.21. The van der Waals surface area contributed by atoms with Gasteiger partial charge in [0.25, 0.3) is 0 Å². The number of hydrogen-bond acceptors (Lipinski definition) is 12. The Kier molecular flexibility index (Phi) is 21.7. The molecule has 2 aromatic carbocycles. The maximum Gasteiger partial charge on any atom is 0.519 e. The fourth-order valence-corrected chi connectivity index (χ4v) is 4.98. The van der Waals surface area contributed by atoms with E-state index in [-0.39, 0.29) is 0 Å². The van der Waals surface area contributed by atoms with E-state index in [0.29, 0.717) is 0 Å². The number of nitrogens with one attached hydrogen (secondary N) is 1. The lowest BCUT2D eigenvalue weighted by Gasteiger charge is -2.20. The minimum absolute atomic E-state index is 0.467. The molecule has 0 radical (unpaired) electrons. The number of pyridine rings is 1. The molecule has 14 nitrogen and oxygen atoms in total. The molecule has 1 N–H and O–H groups in total. The molecule has 320 valence electrons. The second-order valence-electron chi connectivity index (χ2n) is 15.6. The summed E-state index contributed by atoms with van der Waals surface area (Å²) in [5.41, 5.74) is 1.06. The molecule has 0 aliphatic carbocycles. The lowest BCUT2D eigenvalue weighted by atomic mass is 10.2. The molecule has 5 aromatic rings. The number of rotatable bonds is 4. The van der Waals surface area contributed by atoms with E-state index in [1.807, 2.05) is 94.5 Å². The normalized spacial score (nSPS) is 11.0. The molecule has 0 saturated heterocycles. The molecule has 0 spiro atoms. The van der Waals surface area contributed by atoms with Gasteiger partial charge in [-0.15, -0.1) is 0 Å². The summed E-state index contributed by atoms with van der Waals surface area (Å²) in [4.78, 5) is 42.2. The zero-order valence-corrected chi connectivity index (χ0v) is 39.5. The first-order valence-corrected chi connectivity index (χ1v) is 20.3. The number of benzene rings is 2. The highest BCUT2D eigenvalue weighted by atomic mass is 79.9. The molecule has 0 unspecified atom stereocenters. The monoisotopic (exact) mass is 933 g/mol. The van der Waals surface area contributed by atoms with E-state index in [9.17, 15) is 14.4 Å². The van der Waals surface area contributed by atoms with Crippen molar-refractivity contribution < 1.29 is 33.3 Å². The lowest BCUT2D eigenvalue weighted by molar-refractivity contribution is -0.0294. The minimum atomic E-state index is -1.06. The highest BCUT2D eigenvalue weighted by molar-refractivity contribution is 9.10. The topological polar surface area (TPSA) is 154 Å². The van der Waals surface area contributed by atoms with Crippen molar-refractivity contribution in [3.8, 4) is 0 Å². The number of fused-ring (bicyclic) bond motifs is 2. The minimum Gasteiger partial charge on any atom is -0.442 e. The van der Waals surface area contributed by atoms with Crippen molar-refractivity contribution in [1.29, 1.82) is 0 Å². The van der Waals surface area contributed by atoms with Crippen LogP contribution in [0, 0.1) is 0 Å². The number of hydrogen-bond donors (Lipinski definition) is 1. The average Bonchev–Trinajstić information content (AvgIpc) is 3.75. The second-order valence-corrected chi connectivity index (χ2v) is 17.4. The Morgan fingerprint density at radius 1 is 0.690 bits per heavy atom. The molecule has 3 heterocycles. The van der Waals surface area contributed by atoms with Gasteiger partial charge in [-0.1, -0.05) is 64.8 Å². The number of H-pyrrole nitrogens is 1. The van der Waals surface area contributed by atoms with Gasteiger partial charge in [-0.3, -0.25) is 10.1 Å². The van der Waals surface area contributed by atoms with Gasteiger partial charge in [0.1, 0.15) is 16.8 Å². The first-order chi connectivity index (χ1) is 26.9. The molecular weight excluding hydrogens is 874 g/mol. The average molecular weight is 936 g/mol. The van der Waals surface area contributed by atoms with Crippen LogP contribution in [0.5, 0.6) is 0 Å². The first kappa shape index (κ1) is 51.5. The SMILES string of the molecule is Brc1ccc2cn[nH]c2c1.CC(C)(C)OC(=O)OC(=O)OC(C)(C)C.CC(C)(C)OC(=O)n1ncc2ccc(Br)cc21.CCN(CC)CC.CN(C)c1ccncc1. The number of halogens is 2. The quantitative estimate of drug-likeness (QED) is 0.104. The maximum absolute atomic E-state index is 11.9. The van der Waals surface area contributed by atoms with Crippen LogP contribution in [0.1, 0.15) is 83.1 Å². The molecule has 3 aromatic heterocycles. The van der Waals surface area contributed by atoms with E-state index in [1.165, 1.54) is 30.0 Å². The third-order valence-electron chi connectivity index (χ3n) is 6.97. The standard InChI is InChI=1S/C12H13BrN2O2.C10H18O5.C7H5BrN2.C7H10N2.C6H15N/c1-12(2,3)17-11(16)15-10-6-9(13)5-4-8(10)7-14-15;1-9(2,3)14-7(11)13-8(12)15-10(4,5)6;8-6-2-1-5-4-9-10-7(5)3-6;1-9(2)7-3-5-8-6-4-7;1-4-7(5-2)6-3/h4-7H,1-3H3;1-6H3;1-4H,(H,9,10);3-6H,1-2H3;4-6H2,1-3H3. The van der Waals surface area contributed by atoms with Gasteiger partial charge in [0.05, 0.1) is 23.4 Å². The van der Waals surface area contributed by atoms with E-state index in [0.717, 1.165) is 30.8 Å². The zero-order valence-electron chi connectivity index (χ0n) is 36.3. The van der Waals surface area contributed by atoms with Crippen LogP contribution >= 0.6 is 31.9 Å². The molecule has 5 rings (SSSR count). The van der Waals surface area contributed by atoms with E-state index < -0.39 is 35.2 Å². The number of aromatic amines is 1. The van der Waals surface area contributed by atoms with Gasteiger partial charge in [-0.2, -0.15) is 14.9 Å². The van der Waals surface area contributed by atoms with Crippen molar-refractivity contribution in [3.05, 3.63) is 82.3 Å². The van der Waals surface area contributed by atoms with Gasteiger partial charge in [-0.05, 0) is 118 Å². The predicted molar refractivity (Wildman–Crippen MR) is 238 cm³/mol. The summed E-state index contributed by atoms with van der Waals surface area (Å²) in [6, 6.07) is 15.6. The Balaban J connectivity index is 0.000000376. The van der Waals surface area contributed by atoms with Crippen molar-refractivity contribution in [2.75, 3.05) is 38.6 Å². The van der Waals surface area contributed by atoms with Gasteiger partial charge in [0.15, 0.2) is 0 Å². The van der Waals surface area contributed by atoms with Gasteiger partial charge in [0.2, 0.25) is 0 Å². The summed E-state index contributed by atoms with van der Waals surface area (Å²) in [6.45, 7) is 25.6. The van der Waals surface area contributed by atoms with Crippen molar-refractivity contribution >= 4 is 77.8 Å². The van der Waals surface area contributed by atoms with Crippen LogP contribution < -0.4 is 4.90 Å². The summed E-state index contributed by atoms with van der Waals surface area (Å²) in [6.07, 6.45) is 4.44. The van der Waals surface area contributed by atoms with E-state index in [1.54, 1.807) is 60.1 Å². The summed E-state index contributed by atoms with van der Waals surface area (Å²) in [5, 5.41) is 12.9. The molecule has 16 heteroatoms. The van der Waals surface area contributed by atoms with E-state index in [2.05, 4.69) is 82.5 Å². The largest absolute Gasteiger partial charge is 0.519 e. The van der Waals surface area contributed by atoms with Crippen LogP contribution in [-0.2, 0) is 18.9 Å². The Morgan fingerprint density at radius 2 is 1.17 bits per heavy atom. The van der Waals surface area contributed by atoms with Gasteiger partial charge < -0.3 is 28.7 Å². The predicted octanol–water partition coefficient (Wildman–Crippen LogP) is 11.3. The summed E-state index contributed by atoms with van der Waals surface area (Å²) in [7, 11) is 4.02. The van der Waals surface area contributed by atoms with E-state index in [4.69, 9.17) is 14.2 Å². The maximum atomic E-state index is 11.9. The Morgan fingerprint density at radius 3 is 1.60 bits per heavy atom. The Hall–Kier alpha value is -4.54. The molecule has 58 heavy (non-hydrogen) atoms. The number of carbonyl (C=O) groups excluding carboxylic acids is 3. The van der Waals surface area contributed by atoms with Crippen molar-refractivity contribution in [1.82, 2.24) is 29.9 Å². The summed E-state index contributed by atoms with van der Waals surface area (Å²) < 4.78 is 22.3. The number of carbonyl (C=O) groups is 3. The molecule has 0 fully saturated rings. The smallest absolute Gasteiger partial charge is 0.442 e. The number of nitrogens with zero attached hydrogens (tertiary/aromatic N) is 6. The van der Waals surface area contributed by atoms with E-state index >= 15 is 0 Å². The van der Waals surface area contributed by atoms with Crippen molar-refractivity contribution in [2.24, 2.45) is 0 Å². The first-order valence-electron chi connectivity index (χ1n) is 18.8. The second kappa shape index (κ2) is 24.4. The molecular formula is C42H61Br2N7O7. The summed E-state index contributed by atoms with van der Waals surface area (Å²) >= 11 is 6.74. The molecule has 0 aliphatic heterocycles. The number of aromatic nitrogens is 5. The zero-order chi connectivity index (χ0) is 44.3. The molecule has 0 amide bonds. The third-order valence-corrected chi connectivity index (χ3v) is 7.96. The van der Waals surface area contributed by atoms with Crippen molar-refractivity contribution in [3.63, 3.8) is 0 Å². The van der Waals surface area contributed by atoms with Gasteiger partial charge in [-0.25, -0.2) is 14.4 Å². The van der Waals surface area contributed by atoms with Crippen LogP contribution in [0.15, 0.2) is 82.3 Å². The van der Waals surface area contributed by atoms with Crippen LogP contribution in [-0.4, -0.2) is 98.8 Å². The molecule has 0 bridgehead atoms. The van der Waals surface area contributed by atoms with Crippen LogP contribution in [0.25, 0.3) is 21.8 Å². The molecule has 0 aliphatic rings. The van der Waals surface area contributed by atoms with Crippen LogP contribution in [0.4, 0.5) is 20.1 Å². The fraction of sp³-hybridized carbons (Fsp3) is 0.476. The Labute approximate surface area is 360 Å². The third kappa shape index (κ3) is 21.8.